The van der Waals surface area contributed by atoms with E-state index in [4.69, 9.17) is 4.42 Å². The van der Waals surface area contributed by atoms with Gasteiger partial charge in [-0.3, -0.25) is 9.36 Å². The fraction of sp³-hybridized carbons (Fsp3) is 0.158. The van der Waals surface area contributed by atoms with Crippen molar-refractivity contribution >= 4 is 39.7 Å². The van der Waals surface area contributed by atoms with Crippen molar-refractivity contribution in [3.63, 3.8) is 0 Å². The molecule has 0 aliphatic heterocycles. The van der Waals surface area contributed by atoms with Gasteiger partial charge in [0.1, 0.15) is 12.1 Å². The van der Waals surface area contributed by atoms with E-state index in [0.29, 0.717) is 11.1 Å². The van der Waals surface area contributed by atoms with Gasteiger partial charge in [-0.25, -0.2) is 4.79 Å². The Balaban J connectivity index is 1.54. The molecule has 3 heterocycles. The Morgan fingerprint density at radius 3 is 2.78 bits per heavy atom. The smallest absolute Gasteiger partial charge is 0.408 e. The summed E-state index contributed by atoms with van der Waals surface area (Å²) >= 11 is 2.90. The number of thiophene rings is 2. The van der Waals surface area contributed by atoms with Gasteiger partial charge in [0.05, 0.1) is 12.1 Å². The molecule has 0 bridgehead atoms. The first-order valence-corrected chi connectivity index (χ1v) is 10.0. The minimum absolute atomic E-state index is 0.00755. The topological polar surface area (TPSA) is 84.5 Å². The van der Waals surface area contributed by atoms with Gasteiger partial charge in [0.25, 0.3) is 0 Å². The summed E-state index contributed by atoms with van der Waals surface area (Å²) in [5, 5.41) is 19.6. The minimum Gasteiger partial charge on any atom is -0.408 e. The van der Waals surface area contributed by atoms with Crippen molar-refractivity contribution in [2.24, 2.45) is 0 Å². The molecule has 27 heavy (non-hydrogen) atoms. The summed E-state index contributed by atoms with van der Waals surface area (Å²) in [6, 6.07) is 12.5. The van der Waals surface area contributed by atoms with Gasteiger partial charge in [-0.2, -0.15) is 11.3 Å². The van der Waals surface area contributed by atoms with Crippen molar-refractivity contribution in [3.05, 3.63) is 79.6 Å². The highest BCUT2D eigenvalue weighted by Crippen LogP contribution is 2.33. The Kier molecular flexibility index (Phi) is 4.69. The zero-order valence-electron chi connectivity index (χ0n) is 14.1. The molecule has 6 nitrogen and oxygen atoms in total. The first-order valence-electron chi connectivity index (χ1n) is 8.22. The van der Waals surface area contributed by atoms with E-state index in [0.717, 1.165) is 10.4 Å². The van der Waals surface area contributed by atoms with E-state index in [1.54, 1.807) is 24.3 Å². The van der Waals surface area contributed by atoms with Crippen LogP contribution in [0.4, 0.5) is 0 Å². The lowest BCUT2D eigenvalue weighted by atomic mass is 9.94. The maximum absolute atomic E-state index is 12.5. The Bertz CT molecular complexity index is 1080. The Morgan fingerprint density at radius 2 is 2.04 bits per heavy atom. The maximum atomic E-state index is 12.5. The quantitative estimate of drug-likeness (QED) is 0.521. The Labute approximate surface area is 162 Å². The molecule has 0 aliphatic carbocycles. The molecule has 0 saturated carbocycles. The number of carbonyl (C=O) groups excluding carboxylic acids is 1. The molecule has 0 saturated heterocycles. The summed E-state index contributed by atoms with van der Waals surface area (Å²) in [4.78, 5) is 25.2. The van der Waals surface area contributed by atoms with Gasteiger partial charge in [0, 0.05) is 10.4 Å². The van der Waals surface area contributed by atoms with Crippen LogP contribution in [0.1, 0.15) is 10.4 Å². The molecule has 0 radical (unpaired) electrons. The average molecular weight is 400 g/mol. The Morgan fingerprint density at radius 1 is 1.19 bits per heavy atom. The first-order chi connectivity index (χ1) is 13.1. The number of carbonyl (C=O) groups is 1. The lowest BCUT2D eigenvalue weighted by Crippen LogP contribution is -2.42. The summed E-state index contributed by atoms with van der Waals surface area (Å²) in [5.74, 6) is -0.966. The van der Waals surface area contributed by atoms with Gasteiger partial charge in [-0.05, 0) is 40.4 Å². The molecule has 3 aromatic heterocycles. The van der Waals surface area contributed by atoms with Crippen LogP contribution in [-0.2, 0) is 16.9 Å². The number of hydrogen-bond donors (Lipinski definition) is 2. The predicted molar refractivity (Wildman–Crippen MR) is 105 cm³/mol. The molecule has 8 heteroatoms. The second-order valence-corrected chi connectivity index (χ2v) is 7.78. The molecule has 0 spiro atoms. The van der Waals surface area contributed by atoms with E-state index in [2.05, 4.69) is 5.32 Å². The van der Waals surface area contributed by atoms with Crippen LogP contribution < -0.4 is 11.1 Å². The minimum atomic E-state index is -1.31. The molecular weight excluding hydrogens is 384 g/mol. The van der Waals surface area contributed by atoms with Crippen molar-refractivity contribution in [1.29, 1.82) is 0 Å². The van der Waals surface area contributed by atoms with Crippen molar-refractivity contribution in [1.82, 2.24) is 9.88 Å². The standard InChI is InChI=1S/C19H16N2O4S2/c22-17(10-21-14-4-1-2-5-15(14)25-18(21)23)20-12-19(24,13-7-9-26-11-13)16-6-3-8-27-16/h1-9,11,24H,10,12H2,(H,20,22). The van der Waals surface area contributed by atoms with E-state index < -0.39 is 11.4 Å². The number of benzene rings is 1. The molecule has 1 atom stereocenters. The molecule has 4 aromatic rings. The number of fused-ring (bicyclic) bond motifs is 1. The summed E-state index contributed by atoms with van der Waals surface area (Å²) in [6.45, 7) is -0.173. The highest BCUT2D eigenvalue weighted by Gasteiger charge is 2.33. The lowest BCUT2D eigenvalue weighted by Gasteiger charge is -2.27. The lowest BCUT2D eigenvalue weighted by molar-refractivity contribution is -0.122. The van der Waals surface area contributed by atoms with Crippen LogP contribution in [0.3, 0.4) is 0 Å². The summed E-state index contributed by atoms with van der Waals surface area (Å²) in [6.07, 6.45) is 0. The molecule has 0 fully saturated rings. The number of amides is 1. The number of hydrogen-bond acceptors (Lipinski definition) is 6. The van der Waals surface area contributed by atoms with Crippen LogP contribution >= 0.6 is 22.7 Å². The number of nitrogens with one attached hydrogen (secondary N) is 1. The molecule has 138 valence electrons. The third-order valence-corrected chi connectivity index (χ3v) is 6.05. The van der Waals surface area contributed by atoms with Crippen LogP contribution in [0.15, 0.2) is 67.8 Å². The molecular formula is C19H16N2O4S2. The van der Waals surface area contributed by atoms with Crippen molar-refractivity contribution in [2.45, 2.75) is 12.1 Å². The third kappa shape index (κ3) is 3.34. The van der Waals surface area contributed by atoms with Crippen molar-refractivity contribution < 1.29 is 14.3 Å². The second kappa shape index (κ2) is 7.15. The van der Waals surface area contributed by atoms with Crippen LogP contribution in [0.25, 0.3) is 11.1 Å². The highest BCUT2D eigenvalue weighted by atomic mass is 32.1. The zero-order valence-corrected chi connectivity index (χ0v) is 15.8. The summed E-state index contributed by atoms with van der Waals surface area (Å²) < 4.78 is 6.42. The largest absolute Gasteiger partial charge is 0.420 e. The third-order valence-electron chi connectivity index (χ3n) is 4.34. The average Bonchev–Trinajstić information content (AvgIpc) is 3.42. The van der Waals surface area contributed by atoms with E-state index in [-0.39, 0.29) is 19.0 Å². The SMILES string of the molecule is O=C(Cn1c(=O)oc2ccccc21)NCC(O)(c1ccsc1)c1cccs1. The molecule has 2 N–H and O–H groups in total. The number of nitrogens with zero attached hydrogens (tertiary/aromatic N) is 1. The van der Waals surface area contributed by atoms with Gasteiger partial charge in [0.15, 0.2) is 5.58 Å². The number of aliphatic hydroxyl groups is 1. The molecule has 1 unspecified atom stereocenters. The van der Waals surface area contributed by atoms with Crippen molar-refractivity contribution in [3.8, 4) is 0 Å². The second-order valence-electron chi connectivity index (χ2n) is 6.05. The van der Waals surface area contributed by atoms with Crippen molar-refractivity contribution in [2.75, 3.05) is 6.54 Å². The van der Waals surface area contributed by atoms with Crippen LogP contribution in [0.5, 0.6) is 0 Å². The fourth-order valence-corrected chi connectivity index (χ4v) is 4.50. The van der Waals surface area contributed by atoms with Crippen LogP contribution in [0, 0.1) is 0 Å². The zero-order chi connectivity index (χ0) is 18.9. The van der Waals surface area contributed by atoms with Crippen LogP contribution in [-0.4, -0.2) is 22.1 Å². The van der Waals surface area contributed by atoms with E-state index >= 15 is 0 Å². The van der Waals surface area contributed by atoms with E-state index in [1.165, 1.54) is 27.2 Å². The van der Waals surface area contributed by atoms with Gasteiger partial charge < -0.3 is 14.8 Å². The van der Waals surface area contributed by atoms with Gasteiger partial charge >= 0.3 is 5.76 Å². The Hall–Kier alpha value is -2.68. The first kappa shape index (κ1) is 17.7. The molecule has 1 amide bonds. The number of oxazole rings is 1. The predicted octanol–water partition coefficient (Wildman–Crippen LogP) is 2.77. The van der Waals surface area contributed by atoms with Gasteiger partial charge in [0.2, 0.25) is 5.91 Å². The maximum Gasteiger partial charge on any atom is 0.420 e. The summed E-state index contributed by atoms with van der Waals surface area (Å²) in [5.41, 5.74) is 0.404. The van der Waals surface area contributed by atoms with E-state index in [9.17, 15) is 14.7 Å². The van der Waals surface area contributed by atoms with Gasteiger partial charge in [-0.1, -0.05) is 18.2 Å². The fourth-order valence-electron chi connectivity index (χ4n) is 2.93. The monoisotopic (exact) mass is 400 g/mol. The molecule has 4 rings (SSSR count). The molecule has 1 aromatic carbocycles. The highest BCUT2D eigenvalue weighted by molar-refractivity contribution is 7.10. The number of rotatable bonds is 6. The van der Waals surface area contributed by atoms with Crippen LogP contribution in [0.2, 0.25) is 0 Å². The van der Waals surface area contributed by atoms with E-state index in [1.807, 2.05) is 34.3 Å². The number of aromatic nitrogens is 1. The molecule has 0 aliphatic rings. The van der Waals surface area contributed by atoms with Gasteiger partial charge in [-0.15, -0.1) is 11.3 Å². The normalized spacial score (nSPS) is 13.5. The summed E-state index contributed by atoms with van der Waals surface area (Å²) in [7, 11) is 0. The number of para-hydroxylation sites is 2.